The van der Waals surface area contributed by atoms with E-state index in [0.717, 1.165) is 6.54 Å². The number of benzene rings is 1. The molecule has 2 aromatic rings. The second kappa shape index (κ2) is 3.73. The summed E-state index contributed by atoms with van der Waals surface area (Å²) in [6.45, 7) is 5.27. The van der Waals surface area contributed by atoms with E-state index in [1.54, 1.807) is 0 Å². The Morgan fingerprint density at radius 3 is 2.76 bits per heavy atom. The van der Waals surface area contributed by atoms with Crippen LogP contribution >= 0.6 is 0 Å². The number of nitrogens with zero attached hydrogens (tertiary/aromatic N) is 1. The van der Waals surface area contributed by atoms with Gasteiger partial charge in [-0.05, 0) is 17.5 Å². The molecule has 0 aliphatic carbocycles. The van der Waals surface area contributed by atoms with Gasteiger partial charge in [-0.25, -0.2) is 0 Å². The number of ketones is 1. The Morgan fingerprint density at radius 1 is 1.24 bits per heavy atom. The van der Waals surface area contributed by atoms with Crippen molar-refractivity contribution in [3.8, 4) is 0 Å². The van der Waals surface area contributed by atoms with Gasteiger partial charge in [-0.1, -0.05) is 32.0 Å². The van der Waals surface area contributed by atoms with Crippen LogP contribution < -0.4 is 0 Å². The summed E-state index contributed by atoms with van der Waals surface area (Å²) in [7, 11) is 0. The highest BCUT2D eigenvalue weighted by Gasteiger charge is 2.24. The van der Waals surface area contributed by atoms with Gasteiger partial charge < -0.3 is 4.57 Å². The molecule has 0 spiro atoms. The predicted molar refractivity (Wildman–Crippen MR) is 69.4 cm³/mol. The molecule has 2 heterocycles. The number of para-hydroxylation sites is 1. The zero-order chi connectivity index (χ0) is 12.0. The smallest absolute Gasteiger partial charge is 0.140 e. The topological polar surface area (TPSA) is 22.0 Å². The third-order valence-corrected chi connectivity index (χ3v) is 3.68. The van der Waals surface area contributed by atoms with Crippen molar-refractivity contribution in [2.75, 3.05) is 0 Å². The Kier molecular flexibility index (Phi) is 2.32. The van der Waals surface area contributed by atoms with Crippen molar-refractivity contribution < 1.29 is 4.79 Å². The van der Waals surface area contributed by atoms with Crippen molar-refractivity contribution in [1.82, 2.24) is 4.57 Å². The lowest BCUT2D eigenvalue weighted by atomic mass is 9.96. The maximum atomic E-state index is 11.7. The van der Waals surface area contributed by atoms with Crippen molar-refractivity contribution in [1.29, 1.82) is 0 Å². The minimum atomic E-state index is 0.377. The molecule has 0 amide bonds. The normalized spacial score (nSPS) is 15.6. The van der Waals surface area contributed by atoms with E-state index in [-0.39, 0.29) is 0 Å². The van der Waals surface area contributed by atoms with Gasteiger partial charge >= 0.3 is 0 Å². The number of hydrogen-bond donors (Lipinski definition) is 0. The summed E-state index contributed by atoms with van der Waals surface area (Å²) in [5.41, 5.74) is 3.91. The Labute approximate surface area is 101 Å². The fraction of sp³-hybridized carbons (Fsp3) is 0.400. The number of aromatic nitrogens is 1. The second-order valence-electron chi connectivity index (χ2n) is 5.15. The maximum Gasteiger partial charge on any atom is 0.140 e. The number of carbonyl (C=O) groups is 1. The summed E-state index contributed by atoms with van der Waals surface area (Å²) in [5, 5.41) is 1.33. The molecular weight excluding hydrogens is 210 g/mol. The first-order valence-electron chi connectivity index (χ1n) is 6.30. The summed E-state index contributed by atoms with van der Waals surface area (Å²) in [4.78, 5) is 11.7. The SMILES string of the molecule is CC(C)c1c2n(c3ccccc13)CCC(=O)C2. The highest BCUT2D eigenvalue weighted by molar-refractivity contribution is 5.90. The molecular formula is C15H17NO. The molecule has 0 unspecified atom stereocenters. The highest BCUT2D eigenvalue weighted by Crippen LogP contribution is 2.34. The van der Waals surface area contributed by atoms with Crippen LogP contribution in [0.5, 0.6) is 0 Å². The Bertz CT molecular complexity index is 592. The number of fused-ring (bicyclic) bond motifs is 3. The number of aryl methyl sites for hydroxylation is 1. The predicted octanol–water partition coefficient (Wildman–Crippen LogP) is 3.28. The first-order valence-corrected chi connectivity index (χ1v) is 6.30. The number of carbonyl (C=O) groups excluding carboxylic acids is 1. The van der Waals surface area contributed by atoms with Crippen LogP contribution in [0.25, 0.3) is 10.9 Å². The van der Waals surface area contributed by atoms with Crippen LogP contribution in [0.2, 0.25) is 0 Å². The second-order valence-corrected chi connectivity index (χ2v) is 5.15. The summed E-state index contributed by atoms with van der Waals surface area (Å²) >= 11 is 0. The minimum absolute atomic E-state index is 0.377. The van der Waals surface area contributed by atoms with Crippen LogP contribution in [-0.4, -0.2) is 10.4 Å². The average molecular weight is 227 g/mol. The lowest BCUT2D eigenvalue weighted by Crippen LogP contribution is -2.19. The summed E-state index contributed by atoms with van der Waals surface area (Å²) < 4.78 is 2.34. The molecule has 0 atom stereocenters. The molecule has 0 fully saturated rings. The fourth-order valence-electron chi connectivity index (χ4n) is 2.98. The van der Waals surface area contributed by atoms with Gasteiger partial charge in [-0.2, -0.15) is 0 Å². The van der Waals surface area contributed by atoms with Crippen LogP contribution in [-0.2, 0) is 17.8 Å². The molecule has 0 N–H and O–H groups in total. The standard InChI is InChI=1S/C15H17NO/c1-10(2)15-12-5-3-4-6-13(12)16-8-7-11(17)9-14(15)16/h3-6,10H,7-9H2,1-2H3. The van der Waals surface area contributed by atoms with Crippen LogP contribution in [0.15, 0.2) is 24.3 Å². The van der Waals surface area contributed by atoms with Crippen molar-refractivity contribution in [2.45, 2.75) is 39.2 Å². The van der Waals surface area contributed by atoms with E-state index in [1.165, 1.54) is 22.2 Å². The summed E-state index contributed by atoms with van der Waals surface area (Å²) in [5.74, 6) is 0.851. The van der Waals surface area contributed by atoms with E-state index in [1.807, 2.05) is 0 Å². The molecule has 1 aromatic heterocycles. The van der Waals surface area contributed by atoms with Crippen molar-refractivity contribution in [2.24, 2.45) is 0 Å². The molecule has 1 aliphatic heterocycles. The molecule has 0 radical (unpaired) electrons. The summed E-state index contributed by atoms with van der Waals surface area (Å²) in [6.07, 6.45) is 1.30. The molecule has 1 aliphatic rings. The van der Waals surface area contributed by atoms with E-state index in [2.05, 4.69) is 42.7 Å². The van der Waals surface area contributed by atoms with Gasteiger partial charge in [-0.15, -0.1) is 0 Å². The van der Waals surface area contributed by atoms with Gasteiger partial charge in [0.15, 0.2) is 0 Å². The van der Waals surface area contributed by atoms with Crippen LogP contribution in [0.1, 0.15) is 37.4 Å². The quantitative estimate of drug-likeness (QED) is 0.732. The average Bonchev–Trinajstić information content (AvgIpc) is 2.62. The van der Waals surface area contributed by atoms with E-state index < -0.39 is 0 Å². The first-order chi connectivity index (χ1) is 8.18. The van der Waals surface area contributed by atoms with E-state index in [9.17, 15) is 4.79 Å². The lowest BCUT2D eigenvalue weighted by molar-refractivity contribution is -0.119. The summed E-state index contributed by atoms with van der Waals surface area (Å²) in [6, 6.07) is 8.51. The third-order valence-electron chi connectivity index (χ3n) is 3.68. The van der Waals surface area contributed by atoms with Crippen LogP contribution in [0.4, 0.5) is 0 Å². The monoisotopic (exact) mass is 227 g/mol. The maximum absolute atomic E-state index is 11.7. The molecule has 88 valence electrons. The molecule has 0 saturated carbocycles. The molecule has 1 aromatic carbocycles. The fourth-order valence-corrected chi connectivity index (χ4v) is 2.98. The first kappa shape index (κ1) is 10.6. The lowest BCUT2D eigenvalue weighted by Gasteiger charge is -2.17. The van der Waals surface area contributed by atoms with Crippen LogP contribution in [0, 0.1) is 0 Å². The van der Waals surface area contributed by atoms with Crippen molar-refractivity contribution in [3.05, 3.63) is 35.5 Å². The molecule has 17 heavy (non-hydrogen) atoms. The molecule has 3 rings (SSSR count). The zero-order valence-electron chi connectivity index (χ0n) is 10.4. The van der Waals surface area contributed by atoms with Gasteiger partial charge in [0, 0.05) is 36.0 Å². The van der Waals surface area contributed by atoms with Crippen molar-refractivity contribution >= 4 is 16.7 Å². The number of rotatable bonds is 1. The Hall–Kier alpha value is -1.57. The third kappa shape index (κ3) is 1.51. The van der Waals surface area contributed by atoms with Gasteiger partial charge in [0.05, 0.1) is 0 Å². The van der Waals surface area contributed by atoms with Gasteiger partial charge in [0.25, 0.3) is 0 Å². The van der Waals surface area contributed by atoms with Gasteiger partial charge in [-0.3, -0.25) is 4.79 Å². The number of hydrogen-bond acceptors (Lipinski definition) is 1. The molecule has 2 nitrogen and oxygen atoms in total. The van der Waals surface area contributed by atoms with E-state index >= 15 is 0 Å². The van der Waals surface area contributed by atoms with E-state index in [4.69, 9.17) is 0 Å². The zero-order valence-corrected chi connectivity index (χ0v) is 10.4. The molecule has 2 heteroatoms. The largest absolute Gasteiger partial charge is 0.343 e. The Morgan fingerprint density at radius 2 is 2.00 bits per heavy atom. The van der Waals surface area contributed by atoms with Gasteiger partial charge in [0.2, 0.25) is 0 Å². The molecule has 0 bridgehead atoms. The highest BCUT2D eigenvalue weighted by atomic mass is 16.1. The van der Waals surface area contributed by atoms with Crippen LogP contribution in [0.3, 0.4) is 0 Å². The Balaban J connectivity index is 2.36. The molecule has 0 saturated heterocycles. The van der Waals surface area contributed by atoms with Crippen molar-refractivity contribution in [3.63, 3.8) is 0 Å². The van der Waals surface area contributed by atoms with E-state index in [0.29, 0.717) is 24.5 Å². The number of Topliss-reactive ketones (excluding diaryl/α,β-unsaturated/α-hetero) is 1. The van der Waals surface area contributed by atoms with Gasteiger partial charge in [0.1, 0.15) is 5.78 Å². The minimum Gasteiger partial charge on any atom is -0.343 e.